The summed E-state index contributed by atoms with van der Waals surface area (Å²) in [5.41, 5.74) is 0.907. The molecule has 28 heavy (non-hydrogen) atoms. The Hall–Kier alpha value is -2.04. The van der Waals surface area contributed by atoms with Gasteiger partial charge in [-0.1, -0.05) is 18.2 Å². The molecule has 5 nitrogen and oxygen atoms in total. The van der Waals surface area contributed by atoms with Gasteiger partial charge in [-0.3, -0.25) is 9.59 Å². The maximum atomic E-state index is 13.0. The Bertz CT molecular complexity index is 740. The molecule has 2 N–H and O–H groups in total. The molecule has 1 heterocycles. The highest BCUT2D eigenvalue weighted by atomic mass is 16.5. The lowest BCUT2D eigenvalue weighted by molar-refractivity contribution is -0.146. The van der Waals surface area contributed by atoms with Crippen LogP contribution in [0.5, 0.6) is 5.75 Å². The van der Waals surface area contributed by atoms with Crippen molar-refractivity contribution >= 4 is 11.8 Å². The monoisotopic (exact) mass is 382 g/mol. The van der Waals surface area contributed by atoms with Crippen LogP contribution in [0.4, 0.5) is 0 Å². The maximum Gasteiger partial charge on any atom is 0.226 e. The number of amides is 2. The van der Waals surface area contributed by atoms with Gasteiger partial charge in [-0.15, -0.1) is 0 Å². The zero-order chi connectivity index (χ0) is 19.1. The first-order valence-corrected chi connectivity index (χ1v) is 10.9. The van der Waals surface area contributed by atoms with Crippen molar-refractivity contribution in [3.8, 4) is 5.75 Å². The average molecular weight is 383 g/mol. The number of benzene rings is 1. The van der Waals surface area contributed by atoms with Gasteiger partial charge in [-0.2, -0.15) is 0 Å². The minimum atomic E-state index is -0.134. The van der Waals surface area contributed by atoms with Crippen LogP contribution in [0.25, 0.3) is 0 Å². The molecule has 6 rings (SSSR count). The molecule has 5 aliphatic rings. The summed E-state index contributed by atoms with van der Waals surface area (Å²) < 4.78 is 5.66. The van der Waals surface area contributed by atoms with Crippen LogP contribution in [0.2, 0.25) is 0 Å². The van der Waals surface area contributed by atoms with E-state index in [1.807, 2.05) is 24.3 Å². The fourth-order valence-electron chi connectivity index (χ4n) is 6.62. The van der Waals surface area contributed by atoms with Crippen LogP contribution < -0.4 is 15.4 Å². The van der Waals surface area contributed by atoms with Crippen LogP contribution in [0.1, 0.15) is 63.0 Å². The van der Waals surface area contributed by atoms with Crippen molar-refractivity contribution in [1.82, 2.24) is 10.6 Å². The molecule has 1 atom stereocenters. The molecule has 0 aromatic heterocycles. The third kappa shape index (κ3) is 3.29. The van der Waals surface area contributed by atoms with Crippen molar-refractivity contribution in [2.75, 3.05) is 13.2 Å². The van der Waals surface area contributed by atoms with Crippen molar-refractivity contribution in [3.63, 3.8) is 0 Å². The van der Waals surface area contributed by atoms with Crippen molar-refractivity contribution in [2.24, 2.45) is 23.2 Å². The van der Waals surface area contributed by atoms with E-state index in [0.29, 0.717) is 19.6 Å². The third-order valence-electron chi connectivity index (χ3n) is 7.45. The SMILES string of the molecule is O=C(CCNC(=O)C12CC3CC(CC(C3)C1)C2)N[C@H]1CCOc2ccccc21. The Morgan fingerprint density at radius 1 is 1.04 bits per heavy atom. The summed E-state index contributed by atoms with van der Waals surface area (Å²) in [5, 5.41) is 6.22. The standard InChI is InChI=1S/C23H30N2O3/c26-21(25-19-6-8-28-20-4-2-1-3-18(19)20)5-7-24-22(27)23-12-15-9-16(13-23)11-17(10-15)14-23/h1-4,15-17,19H,5-14H2,(H,24,27)(H,25,26)/t15?,16?,17?,19-,23?/m0/s1. The smallest absolute Gasteiger partial charge is 0.226 e. The van der Waals surface area contributed by atoms with Gasteiger partial charge in [0.05, 0.1) is 12.6 Å². The van der Waals surface area contributed by atoms with Crippen LogP contribution in [-0.2, 0) is 9.59 Å². The molecule has 0 unspecified atom stereocenters. The normalized spacial score (nSPS) is 35.0. The quantitative estimate of drug-likeness (QED) is 0.821. The molecule has 1 aromatic carbocycles. The summed E-state index contributed by atoms with van der Waals surface area (Å²) in [7, 11) is 0. The van der Waals surface area contributed by atoms with Crippen LogP contribution >= 0.6 is 0 Å². The summed E-state index contributed by atoms with van der Waals surface area (Å²) in [6.45, 7) is 1.04. The van der Waals surface area contributed by atoms with Crippen molar-refractivity contribution in [1.29, 1.82) is 0 Å². The van der Waals surface area contributed by atoms with E-state index in [2.05, 4.69) is 10.6 Å². The minimum Gasteiger partial charge on any atom is -0.493 e. The number of fused-ring (bicyclic) bond motifs is 1. The number of para-hydroxylation sites is 1. The molecule has 1 aromatic rings. The fraction of sp³-hybridized carbons (Fsp3) is 0.652. The van der Waals surface area contributed by atoms with Crippen LogP contribution in [0, 0.1) is 23.2 Å². The van der Waals surface area contributed by atoms with E-state index in [1.54, 1.807) is 0 Å². The maximum absolute atomic E-state index is 13.0. The van der Waals surface area contributed by atoms with E-state index in [1.165, 1.54) is 19.3 Å². The zero-order valence-corrected chi connectivity index (χ0v) is 16.4. The molecule has 4 fully saturated rings. The van der Waals surface area contributed by atoms with Gasteiger partial charge in [-0.25, -0.2) is 0 Å². The fourth-order valence-corrected chi connectivity index (χ4v) is 6.62. The predicted molar refractivity (Wildman–Crippen MR) is 106 cm³/mol. The second kappa shape index (κ2) is 7.09. The van der Waals surface area contributed by atoms with Crippen molar-refractivity contribution in [3.05, 3.63) is 29.8 Å². The topological polar surface area (TPSA) is 67.4 Å². The molecule has 1 aliphatic heterocycles. The van der Waals surface area contributed by atoms with Gasteiger partial charge in [0.25, 0.3) is 0 Å². The Labute approximate surface area is 166 Å². The number of rotatable bonds is 5. The second-order valence-electron chi connectivity index (χ2n) is 9.50. The number of hydrogen-bond donors (Lipinski definition) is 2. The molecule has 2 amide bonds. The number of nitrogens with one attached hydrogen (secondary N) is 2. The van der Waals surface area contributed by atoms with E-state index >= 15 is 0 Å². The third-order valence-corrected chi connectivity index (χ3v) is 7.45. The summed E-state index contributed by atoms with van der Waals surface area (Å²) in [6.07, 6.45) is 8.31. The molecule has 0 saturated heterocycles. The van der Waals surface area contributed by atoms with Gasteiger partial charge >= 0.3 is 0 Å². The lowest BCUT2D eigenvalue weighted by Gasteiger charge is -2.55. The van der Waals surface area contributed by atoms with E-state index in [-0.39, 0.29) is 23.3 Å². The molecule has 4 bridgehead atoms. The van der Waals surface area contributed by atoms with Gasteiger partial charge in [-0.05, 0) is 62.3 Å². The second-order valence-corrected chi connectivity index (χ2v) is 9.50. The van der Waals surface area contributed by atoms with Crippen LogP contribution in [-0.4, -0.2) is 25.0 Å². The Morgan fingerprint density at radius 3 is 2.43 bits per heavy atom. The Balaban J connectivity index is 1.13. The minimum absolute atomic E-state index is 0.00342. The van der Waals surface area contributed by atoms with E-state index in [9.17, 15) is 9.59 Å². The first kappa shape index (κ1) is 18.0. The van der Waals surface area contributed by atoms with Gasteiger partial charge in [0.2, 0.25) is 11.8 Å². The Kier molecular flexibility index (Phi) is 4.56. The largest absolute Gasteiger partial charge is 0.493 e. The summed E-state index contributed by atoms with van der Waals surface area (Å²) in [6, 6.07) is 7.87. The highest BCUT2D eigenvalue weighted by Crippen LogP contribution is 2.60. The summed E-state index contributed by atoms with van der Waals surface area (Å²) >= 11 is 0. The van der Waals surface area contributed by atoms with Gasteiger partial charge < -0.3 is 15.4 Å². The lowest BCUT2D eigenvalue weighted by atomic mass is 9.49. The lowest BCUT2D eigenvalue weighted by Crippen LogP contribution is -2.53. The van der Waals surface area contributed by atoms with Crippen molar-refractivity contribution in [2.45, 2.75) is 57.4 Å². The highest BCUT2D eigenvalue weighted by Gasteiger charge is 2.54. The van der Waals surface area contributed by atoms with Gasteiger partial charge in [0, 0.05) is 30.4 Å². The summed E-state index contributed by atoms with van der Waals surface area (Å²) in [4.78, 5) is 25.4. The molecule has 150 valence electrons. The number of ether oxygens (including phenoxy) is 1. The first-order valence-electron chi connectivity index (χ1n) is 10.9. The van der Waals surface area contributed by atoms with Crippen molar-refractivity contribution < 1.29 is 14.3 Å². The van der Waals surface area contributed by atoms with E-state index < -0.39 is 0 Å². The molecular formula is C23H30N2O3. The van der Waals surface area contributed by atoms with E-state index in [4.69, 9.17) is 4.74 Å². The summed E-state index contributed by atoms with van der Waals surface area (Å²) in [5.74, 6) is 3.33. The molecule has 5 heteroatoms. The first-order chi connectivity index (χ1) is 13.6. The van der Waals surface area contributed by atoms with Gasteiger partial charge in [0.1, 0.15) is 5.75 Å². The molecule has 4 aliphatic carbocycles. The zero-order valence-electron chi connectivity index (χ0n) is 16.4. The molecular weight excluding hydrogens is 352 g/mol. The number of carbonyl (C=O) groups excluding carboxylic acids is 2. The Morgan fingerprint density at radius 2 is 1.71 bits per heavy atom. The highest BCUT2D eigenvalue weighted by molar-refractivity contribution is 5.84. The molecule has 0 radical (unpaired) electrons. The van der Waals surface area contributed by atoms with E-state index in [0.717, 1.165) is 54.7 Å². The van der Waals surface area contributed by atoms with Gasteiger partial charge in [0.15, 0.2) is 0 Å². The van der Waals surface area contributed by atoms with Crippen LogP contribution in [0.3, 0.4) is 0 Å². The predicted octanol–water partition coefficient (Wildman–Crippen LogP) is 3.35. The molecule has 0 spiro atoms. The molecule has 4 saturated carbocycles. The number of hydrogen-bond acceptors (Lipinski definition) is 3. The average Bonchev–Trinajstić information content (AvgIpc) is 2.67. The number of carbonyl (C=O) groups is 2. The van der Waals surface area contributed by atoms with Crippen LogP contribution in [0.15, 0.2) is 24.3 Å².